The number of hydrogen-bond donors (Lipinski definition) is 2. The summed E-state index contributed by atoms with van der Waals surface area (Å²) in [6.07, 6.45) is 3.62. The first-order valence-electron chi connectivity index (χ1n) is 6.92. The van der Waals surface area contributed by atoms with Gasteiger partial charge < -0.3 is 16.0 Å². The first-order chi connectivity index (χ1) is 8.54. The van der Waals surface area contributed by atoms with E-state index in [-0.39, 0.29) is 5.54 Å². The molecule has 0 aliphatic carbocycles. The third kappa shape index (κ3) is 3.91. The number of nitrogens with two attached hydrogens (primary N) is 1. The summed E-state index contributed by atoms with van der Waals surface area (Å²) in [7, 11) is 0. The van der Waals surface area contributed by atoms with Crippen LogP contribution in [-0.2, 0) is 0 Å². The summed E-state index contributed by atoms with van der Waals surface area (Å²) in [6, 6.07) is 8.75. The van der Waals surface area contributed by atoms with Crippen molar-refractivity contribution in [3.63, 3.8) is 0 Å². The summed E-state index contributed by atoms with van der Waals surface area (Å²) < 4.78 is 0. The molecule has 1 fully saturated rings. The van der Waals surface area contributed by atoms with Crippen LogP contribution in [0.15, 0.2) is 24.3 Å². The van der Waals surface area contributed by atoms with E-state index >= 15 is 0 Å². The van der Waals surface area contributed by atoms with E-state index in [9.17, 15) is 0 Å². The lowest BCUT2D eigenvalue weighted by atomic mass is 10.0. The second-order valence-electron chi connectivity index (χ2n) is 5.91. The Bertz CT molecular complexity index is 358. The molecule has 1 aliphatic rings. The normalized spacial score (nSPS) is 16.1. The second kappa shape index (κ2) is 5.61. The lowest BCUT2D eigenvalue weighted by Crippen LogP contribution is -2.34. The summed E-state index contributed by atoms with van der Waals surface area (Å²) in [6.45, 7) is 7.45. The van der Waals surface area contributed by atoms with Crippen molar-refractivity contribution in [1.82, 2.24) is 0 Å². The van der Waals surface area contributed by atoms with Crippen LogP contribution in [0.1, 0.15) is 33.1 Å². The van der Waals surface area contributed by atoms with Gasteiger partial charge >= 0.3 is 0 Å². The minimum Gasteiger partial charge on any atom is -0.385 e. The summed E-state index contributed by atoms with van der Waals surface area (Å²) in [5, 5.41) is 3.42. The van der Waals surface area contributed by atoms with Gasteiger partial charge in [0.2, 0.25) is 0 Å². The molecule has 0 unspecified atom stereocenters. The Kier molecular flexibility index (Phi) is 4.12. The molecule has 0 spiro atoms. The molecule has 100 valence electrons. The minimum absolute atomic E-state index is 0.0948. The molecule has 2 rings (SSSR count). The van der Waals surface area contributed by atoms with Crippen LogP contribution in [0.25, 0.3) is 0 Å². The Balaban J connectivity index is 1.84. The van der Waals surface area contributed by atoms with Crippen molar-refractivity contribution in [3.05, 3.63) is 24.3 Å². The molecular formula is C15H25N3. The Labute approximate surface area is 110 Å². The molecular weight excluding hydrogens is 222 g/mol. The van der Waals surface area contributed by atoms with Crippen LogP contribution < -0.4 is 16.0 Å². The first-order valence-corrected chi connectivity index (χ1v) is 6.92. The average Bonchev–Trinajstić information content (AvgIpc) is 2.82. The van der Waals surface area contributed by atoms with E-state index in [1.54, 1.807) is 0 Å². The molecule has 1 aromatic rings. The quantitative estimate of drug-likeness (QED) is 0.840. The number of rotatable bonds is 5. The number of benzene rings is 1. The Morgan fingerprint density at radius 2 is 1.78 bits per heavy atom. The van der Waals surface area contributed by atoms with E-state index < -0.39 is 0 Å². The van der Waals surface area contributed by atoms with Crippen LogP contribution in [0, 0.1) is 0 Å². The molecule has 0 amide bonds. The zero-order valence-electron chi connectivity index (χ0n) is 11.6. The van der Waals surface area contributed by atoms with Gasteiger partial charge in [-0.1, -0.05) is 0 Å². The summed E-state index contributed by atoms with van der Waals surface area (Å²) >= 11 is 0. The molecule has 18 heavy (non-hydrogen) atoms. The molecule has 1 saturated heterocycles. The van der Waals surface area contributed by atoms with Crippen molar-refractivity contribution in [3.8, 4) is 0 Å². The molecule has 0 bridgehead atoms. The van der Waals surface area contributed by atoms with Crippen molar-refractivity contribution < 1.29 is 0 Å². The maximum absolute atomic E-state index is 5.96. The van der Waals surface area contributed by atoms with Crippen molar-refractivity contribution in [2.24, 2.45) is 5.73 Å². The Hall–Kier alpha value is -1.22. The smallest absolute Gasteiger partial charge is 0.0367 e. The van der Waals surface area contributed by atoms with Gasteiger partial charge in [0.1, 0.15) is 0 Å². The van der Waals surface area contributed by atoms with Crippen molar-refractivity contribution in [2.75, 3.05) is 29.9 Å². The number of hydrogen-bond acceptors (Lipinski definition) is 3. The van der Waals surface area contributed by atoms with Crippen LogP contribution in [0.3, 0.4) is 0 Å². The van der Waals surface area contributed by atoms with Crippen LogP contribution in [0.4, 0.5) is 11.4 Å². The van der Waals surface area contributed by atoms with E-state index in [0.29, 0.717) is 0 Å². The summed E-state index contributed by atoms with van der Waals surface area (Å²) in [4.78, 5) is 2.45. The van der Waals surface area contributed by atoms with Gasteiger partial charge in [0, 0.05) is 36.5 Å². The Morgan fingerprint density at radius 3 is 2.33 bits per heavy atom. The van der Waals surface area contributed by atoms with Crippen molar-refractivity contribution >= 4 is 11.4 Å². The molecule has 1 heterocycles. The minimum atomic E-state index is -0.0948. The molecule has 3 heteroatoms. The van der Waals surface area contributed by atoms with Gasteiger partial charge in [0.05, 0.1) is 0 Å². The van der Waals surface area contributed by atoms with Crippen LogP contribution >= 0.6 is 0 Å². The lowest BCUT2D eigenvalue weighted by molar-refractivity contribution is 0.491. The van der Waals surface area contributed by atoms with E-state index in [1.807, 2.05) is 0 Å². The zero-order valence-corrected chi connectivity index (χ0v) is 11.6. The highest BCUT2D eigenvalue weighted by Gasteiger charge is 2.12. The SMILES string of the molecule is CC(C)(N)CCNc1ccc(N2CCCC2)cc1. The van der Waals surface area contributed by atoms with E-state index in [1.165, 1.54) is 37.3 Å². The van der Waals surface area contributed by atoms with E-state index in [4.69, 9.17) is 5.73 Å². The van der Waals surface area contributed by atoms with Gasteiger partial charge in [-0.25, -0.2) is 0 Å². The predicted octanol–water partition coefficient (Wildman–Crippen LogP) is 2.83. The van der Waals surface area contributed by atoms with Crippen LogP contribution in [0.5, 0.6) is 0 Å². The van der Waals surface area contributed by atoms with Gasteiger partial charge in [-0.05, 0) is 57.4 Å². The highest BCUT2D eigenvalue weighted by Crippen LogP contribution is 2.22. The number of nitrogens with one attached hydrogen (secondary N) is 1. The highest BCUT2D eigenvalue weighted by molar-refractivity contribution is 5.55. The second-order valence-corrected chi connectivity index (χ2v) is 5.91. The molecule has 1 aromatic carbocycles. The van der Waals surface area contributed by atoms with Crippen molar-refractivity contribution in [1.29, 1.82) is 0 Å². The molecule has 0 radical (unpaired) electrons. The fraction of sp³-hybridized carbons (Fsp3) is 0.600. The van der Waals surface area contributed by atoms with Gasteiger partial charge in [-0.3, -0.25) is 0 Å². The van der Waals surface area contributed by atoms with Gasteiger partial charge in [-0.2, -0.15) is 0 Å². The maximum Gasteiger partial charge on any atom is 0.0367 e. The zero-order chi connectivity index (χ0) is 13.0. The largest absolute Gasteiger partial charge is 0.385 e. The average molecular weight is 247 g/mol. The number of anilines is 2. The monoisotopic (exact) mass is 247 g/mol. The number of nitrogens with zero attached hydrogens (tertiary/aromatic N) is 1. The molecule has 0 aromatic heterocycles. The van der Waals surface area contributed by atoms with Gasteiger partial charge in [0.25, 0.3) is 0 Å². The van der Waals surface area contributed by atoms with Gasteiger partial charge in [-0.15, -0.1) is 0 Å². The predicted molar refractivity (Wildman–Crippen MR) is 79.3 cm³/mol. The summed E-state index contributed by atoms with van der Waals surface area (Å²) in [5.41, 5.74) is 8.39. The fourth-order valence-electron chi connectivity index (χ4n) is 2.29. The van der Waals surface area contributed by atoms with E-state index in [0.717, 1.165) is 13.0 Å². The molecule has 0 atom stereocenters. The first kappa shape index (κ1) is 13.2. The summed E-state index contributed by atoms with van der Waals surface area (Å²) in [5.74, 6) is 0. The molecule has 3 nitrogen and oxygen atoms in total. The maximum atomic E-state index is 5.96. The lowest BCUT2D eigenvalue weighted by Gasteiger charge is -2.20. The van der Waals surface area contributed by atoms with E-state index in [2.05, 4.69) is 48.3 Å². The molecule has 0 saturated carbocycles. The standard InChI is InChI=1S/C15H25N3/c1-15(2,16)9-10-17-13-5-7-14(8-6-13)18-11-3-4-12-18/h5-8,17H,3-4,9-12,16H2,1-2H3. The fourth-order valence-corrected chi connectivity index (χ4v) is 2.29. The Morgan fingerprint density at radius 1 is 1.17 bits per heavy atom. The third-order valence-electron chi connectivity index (χ3n) is 3.44. The van der Waals surface area contributed by atoms with Crippen LogP contribution in [0.2, 0.25) is 0 Å². The van der Waals surface area contributed by atoms with Crippen LogP contribution in [-0.4, -0.2) is 25.2 Å². The molecule has 3 N–H and O–H groups in total. The molecule has 1 aliphatic heterocycles. The third-order valence-corrected chi connectivity index (χ3v) is 3.44. The highest BCUT2D eigenvalue weighted by atomic mass is 15.1. The van der Waals surface area contributed by atoms with Gasteiger partial charge in [0.15, 0.2) is 0 Å². The topological polar surface area (TPSA) is 41.3 Å². The van der Waals surface area contributed by atoms with Crippen molar-refractivity contribution in [2.45, 2.75) is 38.6 Å².